The van der Waals surface area contributed by atoms with E-state index in [2.05, 4.69) is 10.1 Å². The summed E-state index contributed by atoms with van der Waals surface area (Å²) in [4.78, 5) is 42.9. The Morgan fingerprint density at radius 3 is 2.52 bits per heavy atom. The number of carboxylic acids is 1. The van der Waals surface area contributed by atoms with Crippen LogP contribution in [0.15, 0.2) is 12.2 Å². The van der Waals surface area contributed by atoms with Crippen LogP contribution in [0.4, 0.5) is 0 Å². The smallest absolute Gasteiger partial charge is 0.318 e. The van der Waals surface area contributed by atoms with Crippen LogP contribution >= 0.6 is 11.8 Å². The molecule has 2 N–H and O–H groups in total. The number of allylic oxidation sites excluding steroid dienone is 1. The molecular formula is C13H17NO6S. The molecule has 0 radical (unpaired) electrons. The van der Waals surface area contributed by atoms with E-state index in [9.17, 15) is 19.2 Å². The highest BCUT2D eigenvalue weighted by atomic mass is 32.2. The number of ketones is 1. The first kappa shape index (κ1) is 17.2. The predicted molar refractivity (Wildman–Crippen MR) is 75.7 cm³/mol. The van der Waals surface area contributed by atoms with Crippen LogP contribution < -0.4 is 5.32 Å². The van der Waals surface area contributed by atoms with Gasteiger partial charge < -0.3 is 15.2 Å². The lowest BCUT2D eigenvalue weighted by atomic mass is 9.97. The summed E-state index contributed by atoms with van der Waals surface area (Å²) in [5.41, 5.74) is 0. The van der Waals surface area contributed by atoms with E-state index in [0.29, 0.717) is 12.3 Å². The van der Waals surface area contributed by atoms with Crippen LogP contribution in [-0.2, 0) is 23.9 Å². The minimum absolute atomic E-state index is 0.167. The fourth-order valence-corrected chi connectivity index (χ4v) is 2.69. The number of ether oxygens (including phenoxy) is 1. The maximum atomic E-state index is 11.5. The number of amides is 1. The van der Waals surface area contributed by atoms with Crippen molar-refractivity contribution in [2.24, 2.45) is 11.8 Å². The maximum absolute atomic E-state index is 11.5. The van der Waals surface area contributed by atoms with Gasteiger partial charge in [-0.1, -0.05) is 6.08 Å². The van der Waals surface area contributed by atoms with E-state index >= 15 is 0 Å². The summed E-state index contributed by atoms with van der Waals surface area (Å²) in [6.45, 7) is 2.26. The van der Waals surface area contributed by atoms with E-state index in [-0.39, 0.29) is 17.7 Å². The first-order valence-corrected chi connectivity index (χ1v) is 7.32. The number of methoxy groups -OCH3 is 1. The molecule has 116 valence electrons. The van der Waals surface area contributed by atoms with Crippen molar-refractivity contribution in [3.63, 3.8) is 0 Å². The Balaban J connectivity index is 0.000000471. The number of nitrogens with one attached hydrogen (secondary N) is 1. The van der Waals surface area contributed by atoms with E-state index in [1.165, 1.54) is 31.0 Å². The van der Waals surface area contributed by atoms with Gasteiger partial charge in [-0.2, -0.15) is 0 Å². The molecule has 0 saturated carbocycles. The minimum atomic E-state index is -1.01. The molecule has 3 unspecified atom stereocenters. The van der Waals surface area contributed by atoms with Crippen molar-refractivity contribution in [1.82, 2.24) is 5.32 Å². The third kappa shape index (κ3) is 5.58. The Kier molecular flexibility index (Phi) is 6.41. The topological polar surface area (TPSA) is 120 Å². The minimum Gasteiger partial charge on any atom is -0.481 e. The quantitative estimate of drug-likeness (QED) is 0.535. The van der Waals surface area contributed by atoms with E-state index in [1.807, 2.05) is 0 Å². The lowest BCUT2D eigenvalue weighted by molar-refractivity contribution is -0.142. The molecule has 8 heteroatoms. The van der Waals surface area contributed by atoms with Gasteiger partial charge in [-0.05, 0) is 13.0 Å². The first-order valence-electron chi connectivity index (χ1n) is 6.27. The molecule has 1 fully saturated rings. The summed E-state index contributed by atoms with van der Waals surface area (Å²) in [6.07, 6.45) is 2.70. The molecule has 0 spiro atoms. The first-order chi connectivity index (χ1) is 9.86. The Labute approximate surface area is 126 Å². The molecule has 1 aliphatic carbocycles. The molecule has 0 bridgehead atoms. The van der Waals surface area contributed by atoms with E-state index in [4.69, 9.17) is 5.11 Å². The maximum Gasteiger partial charge on any atom is 0.318 e. The number of aliphatic carboxylic acids is 1. The van der Waals surface area contributed by atoms with E-state index in [1.54, 1.807) is 6.92 Å². The molecule has 21 heavy (non-hydrogen) atoms. The Hall–Kier alpha value is -1.83. The van der Waals surface area contributed by atoms with Crippen LogP contribution in [0.3, 0.4) is 0 Å². The molecule has 1 amide bonds. The van der Waals surface area contributed by atoms with Gasteiger partial charge in [0.2, 0.25) is 5.91 Å². The van der Waals surface area contributed by atoms with Gasteiger partial charge in [-0.15, -0.1) is 11.8 Å². The zero-order valence-corrected chi connectivity index (χ0v) is 12.5. The normalized spacial score (nSPS) is 23.7. The number of hydrogen-bond acceptors (Lipinski definition) is 6. The Bertz CT molecular complexity index is 469. The number of carboxylic acid groups (broad SMARTS) is 1. The van der Waals surface area contributed by atoms with Crippen LogP contribution in [0.5, 0.6) is 0 Å². The Morgan fingerprint density at radius 1 is 1.52 bits per heavy atom. The van der Waals surface area contributed by atoms with Gasteiger partial charge in [0.25, 0.3) is 0 Å². The van der Waals surface area contributed by atoms with Gasteiger partial charge in [0.15, 0.2) is 5.78 Å². The highest BCUT2D eigenvalue weighted by Gasteiger charge is 2.35. The number of esters is 1. The molecule has 7 nitrogen and oxygen atoms in total. The fourth-order valence-electron chi connectivity index (χ4n) is 1.59. The highest BCUT2D eigenvalue weighted by molar-refractivity contribution is 8.00. The fraction of sp³-hybridized carbons (Fsp3) is 0.538. The summed E-state index contributed by atoms with van der Waals surface area (Å²) >= 11 is 1.23. The largest absolute Gasteiger partial charge is 0.481 e. The molecule has 3 atom stereocenters. The standard InChI is InChI=1S/C11H14O5S.C2H3NO/c1-6(11(15)16-2)17-5-8-7(10(13)14)3-4-9(8)12;4-2-1-3-2/h3-4,6-8H,5H2,1-2H3,(H,13,14);1H2,(H,3,4). The van der Waals surface area contributed by atoms with Crippen molar-refractivity contribution >= 4 is 35.4 Å². The second-order valence-electron chi connectivity index (χ2n) is 4.51. The summed E-state index contributed by atoms with van der Waals surface area (Å²) < 4.78 is 4.55. The van der Waals surface area contributed by atoms with Gasteiger partial charge in [-0.3, -0.25) is 19.2 Å². The van der Waals surface area contributed by atoms with Crippen LogP contribution in [0.25, 0.3) is 0 Å². The average Bonchev–Trinajstić information content (AvgIpc) is 3.13. The molecule has 0 aromatic carbocycles. The second-order valence-corrected chi connectivity index (χ2v) is 5.88. The number of thioether (sulfide) groups is 1. The SMILES string of the molecule is COC(=O)C(C)SCC1C(=O)C=CC1C(=O)O.O=C1CN1. The zero-order chi connectivity index (χ0) is 16.0. The number of hydrogen-bond donors (Lipinski definition) is 2. The lowest BCUT2D eigenvalue weighted by Crippen LogP contribution is -2.26. The third-order valence-corrected chi connectivity index (χ3v) is 4.18. The lowest BCUT2D eigenvalue weighted by Gasteiger charge is -2.15. The molecule has 0 aromatic heterocycles. The molecule has 1 heterocycles. The van der Waals surface area contributed by atoms with Gasteiger partial charge in [0.1, 0.15) is 0 Å². The van der Waals surface area contributed by atoms with E-state index in [0.717, 1.165) is 0 Å². The predicted octanol–water partition coefficient (Wildman–Crippen LogP) is -0.147. The number of carbonyl (C=O) groups excluding carboxylic acids is 3. The second kappa shape index (κ2) is 7.82. The summed E-state index contributed by atoms with van der Waals surface area (Å²) in [5, 5.41) is 11.0. The summed E-state index contributed by atoms with van der Waals surface area (Å²) in [7, 11) is 1.29. The van der Waals surface area contributed by atoms with Crippen molar-refractivity contribution in [3.8, 4) is 0 Å². The van der Waals surface area contributed by atoms with Crippen molar-refractivity contribution in [1.29, 1.82) is 0 Å². The third-order valence-electron chi connectivity index (χ3n) is 2.93. The molecule has 1 saturated heterocycles. The number of rotatable bonds is 5. The molecule has 0 aromatic rings. The highest BCUT2D eigenvalue weighted by Crippen LogP contribution is 2.28. The molecule has 2 rings (SSSR count). The van der Waals surface area contributed by atoms with Crippen LogP contribution in [-0.4, -0.2) is 53.4 Å². The van der Waals surface area contributed by atoms with E-state index < -0.39 is 23.1 Å². The summed E-state index contributed by atoms with van der Waals surface area (Å²) in [6, 6.07) is 0. The molecular weight excluding hydrogens is 298 g/mol. The van der Waals surface area contributed by atoms with Crippen molar-refractivity contribution < 1.29 is 29.0 Å². The monoisotopic (exact) mass is 315 g/mol. The number of carbonyl (C=O) groups is 4. The van der Waals surface area contributed by atoms with Crippen LogP contribution in [0, 0.1) is 11.8 Å². The van der Waals surface area contributed by atoms with Gasteiger partial charge in [-0.25, -0.2) is 0 Å². The van der Waals surface area contributed by atoms with Gasteiger partial charge >= 0.3 is 11.9 Å². The zero-order valence-electron chi connectivity index (χ0n) is 11.7. The van der Waals surface area contributed by atoms with Gasteiger partial charge in [0.05, 0.1) is 24.8 Å². The van der Waals surface area contributed by atoms with Crippen LogP contribution in [0.1, 0.15) is 6.92 Å². The van der Waals surface area contributed by atoms with Gasteiger partial charge in [0, 0.05) is 11.7 Å². The summed E-state index contributed by atoms with van der Waals surface area (Å²) in [5.74, 6) is -2.46. The Morgan fingerprint density at radius 2 is 2.10 bits per heavy atom. The van der Waals surface area contributed by atoms with Crippen molar-refractivity contribution in [3.05, 3.63) is 12.2 Å². The average molecular weight is 315 g/mol. The van der Waals surface area contributed by atoms with Crippen molar-refractivity contribution in [2.75, 3.05) is 19.4 Å². The van der Waals surface area contributed by atoms with Crippen LogP contribution in [0.2, 0.25) is 0 Å². The molecule has 2 aliphatic rings. The molecule has 1 aliphatic heterocycles. The van der Waals surface area contributed by atoms with Crippen molar-refractivity contribution in [2.45, 2.75) is 12.2 Å².